The van der Waals surface area contributed by atoms with Crippen LogP contribution in [-0.2, 0) is 11.2 Å². The summed E-state index contributed by atoms with van der Waals surface area (Å²) < 4.78 is 5.12. The summed E-state index contributed by atoms with van der Waals surface area (Å²) in [6, 6.07) is 7.86. The van der Waals surface area contributed by atoms with E-state index in [2.05, 4.69) is 31.4 Å². The summed E-state index contributed by atoms with van der Waals surface area (Å²) in [6.45, 7) is 6.94. The van der Waals surface area contributed by atoms with Crippen LogP contribution in [0.25, 0.3) is 0 Å². The van der Waals surface area contributed by atoms with Gasteiger partial charge in [0.2, 0.25) is 5.91 Å². The molecular formula is C20H30N2O2S. The summed E-state index contributed by atoms with van der Waals surface area (Å²) in [6.07, 6.45) is 4.95. The van der Waals surface area contributed by atoms with E-state index in [9.17, 15) is 4.79 Å². The molecule has 1 aromatic carbocycles. The van der Waals surface area contributed by atoms with Crippen molar-refractivity contribution in [3.05, 3.63) is 29.8 Å². The zero-order valence-electron chi connectivity index (χ0n) is 15.7. The molecule has 0 aliphatic heterocycles. The van der Waals surface area contributed by atoms with Gasteiger partial charge in [0.25, 0.3) is 0 Å². The number of hydrogen-bond donors (Lipinski definition) is 2. The lowest BCUT2D eigenvalue weighted by Gasteiger charge is -2.37. The fraction of sp³-hybridized carbons (Fsp3) is 0.600. The first-order chi connectivity index (χ1) is 11.8. The third-order valence-corrected chi connectivity index (χ3v) is 5.28. The summed E-state index contributed by atoms with van der Waals surface area (Å²) in [5.74, 6) is 1.46. The molecule has 0 aromatic heterocycles. The van der Waals surface area contributed by atoms with Crippen molar-refractivity contribution < 1.29 is 9.53 Å². The first-order valence-corrected chi connectivity index (χ1v) is 9.42. The van der Waals surface area contributed by atoms with Crippen molar-refractivity contribution in [1.29, 1.82) is 0 Å². The van der Waals surface area contributed by atoms with Crippen LogP contribution in [0.1, 0.15) is 52.0 Å². The van der Waals surface area contributed by atoms with Crippen molar-refractivity contribution >= 4 is 23.2 Å². The molecule has 2 N–H and O–H groups in total. The van der Waals surface area contributed by atoms with Crippen LogP contribution in [0.4, 0.5) is 0 Å². The van der Waals surface area contributed by atoms with Crippen LogP contribution in [0, 0.1) is 11.3 Å². The van der Waals surface area contributed by atoms with Crippen molar-refractivity contribution in [3.8, 4) is 5.75 Å². The van der Waals surface area contributed by atoms with E-state index in [-0.39, 0.29) is 5.91 Å². The molecule has 5 heteroatoms. The van der Waals surface area contributed by atoms with E-state index < -0.39 is 0 Å². The first-order valence-electron chi connectivity index (χ1n) is 9.01. The molecule has 1 fully saturated rings. The fourth-order valence-corrected chi connectivity index (χ4v) is 3.71. The van der Waals surface area contributed by atoms with E-state index in [1.807, 2.05) is 24.3 Å². The smallest absolute Gasteiger partial charge is 0.230 e. The van der Waals surface area contributed by atoms with Gasteiger partial charge in [-0.15, -0.1) is 0 Å². The zero-order chi connectivity index (χ0) is 18.4. The molecule has 0 spiro atoms. The van der Waals surface area contributed by atoms with Gasteiger partial charge in [0.05, 0.1) is 13.5 Å². The second kappa shape index (κ2) is 8.65. The Morgan fingerprint density at radius 1 is 1.16 bits per heavy atom. The van der Waals surface area contributed by atoms with E-state index in [0.717, 1.165) is 30.1 Å². The van der Waals surface area contributed by atoms with E-state index in [1.54, 1.807) is 7.11 Å². The molecule has 0 saturated heterocycles. The van der Waals surface area contributed by atoms with Crippen molar-refractivity contribution in [2.75, 3.05) is 7.11 Å². The summed E-state index contributed by atoms with van der Waals surface area (Å²) in [5, 5.41) is 6.54. The molecule has 2 rings (SSSR count). The number of ether oxygens (including phenoxy) is 1. The van der Waals surface area contributed by atoms with Crippen LogP contribution < -0.4 is 15.4 Å². The number of rotatable bonds is 4. The lowest BCUT2D eigenvalue weighted by atomic mass is 9.71. The number of nitrogens with one attached hydrogen (secondary N) is 2. The predicted molar refractivity (Wildman–Crippen MR) is 106 cm³/mol. The number of carbonyl (C=O) groups excluding carboxylic acids is 1. The molecule has 0 radical (unpaired) electrons. The molecule has 0 bridgehead atoms. The Morgan fingerprint density at radius 2 is 1.76 bits per heavy atom. The molecular weight excluding hydrogens is 332 g/mol. The molecule has 1 aliphatic rings. The normalized spacial score (nSPS) is 20.6. The molecule has 25 heavy (non-hydrogen) atoms. The van der Waals surface area contributed by atoms with Gasteiger partial charge < -0.3 is 15.4 Å². The van der Waals surface area contributed by atoms with Crippen LogP contribution in [0.5, 0.6) is 5.75 Å². The molecule has 4 nitrogen and oxygen atoms in total. The van der Waals surface area contributed by atoms with Crippen LogP contribution in [0.2, 0.25) is 0 Å². The summed E-state index contributed by atoms with van der Waals surface area (Å²) in [4.78, 5) is 12.1. The number of methoxy groups -OCH3 is 1. The summed E-state index contributed by atoms with van der Waals surface area (Å²) >= 11 is 5.31. The lowest BCUT2D eigenvalue weighted by molar-refractivity contribution is -0.119. The van der Waals surface area contributed by atoms with Gasteiger partial charge in [-0.3, -0.25) is 4.79 Å². The van der Waals surface area contributed by atoms with Gasteiger partial charge in [-0.1, -0.05) is 32.9 Å². The average Bonchev–Trinajstić information content (AvgIpc) is 2.55. The van der Waals surface area contributed by atoms with E-state index >= 15 is 0 Å². The monoisotopic (exact) mass is 362 g/mol. The van der Waals surface area contributed by atoms with E-state index in [4.69, 9.17) is 17.0 Å². The maximum Gasteiger partial charge on any atom is 0.230 e. The fourth-order valence-electron chi connectivity index (χ4n) is 3.42. The Balaban J connectivity index is 1.73. The Bertz CT molecular complexity index is 585. The maximum absolute atomic E-state index is 12.1. The van der Waals surface area contributed by atoms with E-state index in [1.165, 1.54) is 12.8 Å². The topological polar surface area (TPSA) is 50.4 Å². The highest BCUT2D eigenvalue weighted by molar-refractivity contribution is 7.80. The Kier molecular flexibility index (Phi) is 6.82. The van der Waals surface area contributed by atoms with Crippen molar-refractivity contribution in [2.24, 2.45) is 11.3 Å². The molecule has 1 saturated carbocycles. The maximum atomic E-state index is 12.1. The minimum atomic E-state index is -0.0916. The number of hydrogen-bond acceptors (Lipinski definition) is 3. The van der Waals surface area contributed by atoms with Crippen molar-refractivity contribution in [1.82, 2.24) is 10.6 Å². The number of carbonyl (C=O) groups is 1. The van der Waals surface area contributed by atoms with Crippen LogP contribution >= 0.6 is 12.2 Å². The Morgan fingerprint density at radius 3 is 2.28 bits per heavy atom. The highest BCUT2D eigenvalue weighted by Crippen LogP contribution is 2.37. The third-order valence-electron chi connectivity index (χ3n) is 5.06. The molecule has 1 amide bonds. The quantitative estimate of drug-likeness (QED) is 0.799. The van der Waals surface area contributed by atoms with Crippen LogP contribution in [-0.4, -0.2) is 24.2 Å². The minimum Gasteiger partial charge on any atom is -0.497 e. The van der Waals surface area contributed by atoms with Gasteiger partial charge in [0.15, 0.2) is 5.11 Å². The zero-order valence-corrected chi connectivity index (χ0v) is 16.5. The molecule has 0 unspecified atom stereocenters. The highest BCUT2D eigenvalue weighted by Gasteiger charge is 2.29. The number of benzene rings is 1. The largest absolute Gasteiger partial charge is 0.497 e. The minimum absolute atomic E-state index is 0.0916. The van der Waals surface area contributed by atoms with E-state index in [0.29, 0.717) is 23.0 Å². The van der Waals surface area contributed by atoms with Gasteiger partial charge in [0.1, 0.15) is 5.75 Å². The molecule has 1 aromatic rings. The number of thiocarbonyl (C=S) groups is 1. The van der Waals surface area contributed by atoms with Gasteiger partial charge in [0, 0.05) is 6.04 Å². The second-order valence-corrected chi connectivity index (χ2v) is 8.37. The van der Waals surface area contributed by atoms with Gasteiger partial charge in [-0.2, -0.15) is 0 Å². The molecule has 138 valence electrons. The summed E-state index contributed by atoms with van der Waals surface area (Å²) in [5.41, 5.74) is 1.31. The molecule has 0 atom stereocenters. The van der Waals surface area contributed by atoms with Crippen molar-refractivity contribution in [3.63, 3.8) is 0 Å². The van der Waals surface area contributed by atoms with Crippen molar-refractivity contribution in [2.45, 2.75) is 58.9 Å². The SMILES string of the molecule is COc1ccc(CC(=O)NC(=S)NC2CCC(C(C)(C)C)CC2)cc1. The van der Waals surface area contributed by atoms with Crippen LogP contribution in [0.3, 0.4) is 0 Å². The Labute approximate surface area is 156 Å². The average molecular weight is 363 g/mol. The van der Waals surface area contributed by atoms with Crippen LogP contribution in [0.15, 0.2) is 24.3 Å². The standard InChI is InChI=1S/C20H30N2O2S/c1-20(2,3)15-7-9-16(10-8-15)21-19(25)22-18(23)13-14-5-11-17(24-4)12-6-14/h5-6,11-12,15-16H,7-10,13H2,1-4H3,(H2,21,22,23,25). The lowest BCUT2D eigenvalue weighted by Crippen LogP contribution is -2.46. The highest BCUT2D eigenvalue weighted by atomic mass is 32.1. The molecule has 0 heterocycles. The number of amides is 1. The second-order valence-electron chi connectivity index (χ2n) is 7.96. The predicted octanol–water partition coefficient (Wildman–Crippen LogP) is 3.83. The molecule has 1 aliphatic carbocycles. The Hall–Kier alpha value is -1.62. The first kappa shape index (κ1) is 19.7. The summed E-state index contributed by atoms with van der Waals surface area (Å²) in [7, 11) is 1.63. The van der Waals surface area contributed by atoms with Gasteiger partial charge in [-0.05, 0) is 66.9 Å². The van der Waals surface area contributed by atoms with Gasteiger partial charge >= 0.3 is 0 Å². The third kappa shape index (κ3) is 6.31. The van der Waals surface area contributed by atoms with Gasteiger partial charge in [-0.25, -0.2) is 0 Å².